The maximum absolute atomic E-state index is 6.08. The molecule has 0 aliphatic rings. The molecule has 0 aliphatic heterocycles. The molecule has 2 aromatic carbocycles. The Morgan fingerprint density at radius 3 is 2.41 bits per heavy atom. The van der Waals surface area contributed by atoms with E-state index in [2.05, 4.69) is 52.1 Å². The Labute approximate surface area is 182 Å². The van der Waals surface area contributed by atoms with E-state index in [1.165, 1.54) is 0 Å². The molecular weight excluding hydrogens is 452 g/mol. The van der Waals surface area contributed by atoms with Gasteiger partial charge in [-0.3, -0.25) is 0 Å². The lowest BCUT2D eigenvalue weighted by atomic mass is 10.1. The SMILES string of the molecule is CCC(C)c1nnc(-c2nn(-c3ccc(Cl)cc3)c(-c3ccc(Br)cc3)c2C)o1. The second kappa shape index (κ2) is 8.13. The number of benzene rings is 2. The van der Waals surface area contributed by atoms with E-state index in [1.807, 2.05) is 48.0 Å². The van der Waals surface area contributed by atoms with Crippen LogP contribution in [0, 0.1) is 6.92 Å². The number of halogens is 2. The van der Waals surface area contributed by atoms with Crippen LogP contribution in [0.1, 0.15) is 37.6 Å². The molecular formula is C22H20BrClN4O. The highest BCUT2D eigenvalue weighted by molar-refractivity contribution is 9.10. The Balaban J connectivity index is 1.89. The maximum Gasteiger partial charge on any atom is 0.268 e. The van der Waals surface area contributed by atoms with Crippen LogP contribution in [0.3, 0.4) is 0 Å². The molecule has 0 radical (unpaired) electrons. The zero-order valence-corrected chi connectivity index (χ0v) is 18.7. The fourth-order valence-corrected chi connectivity index (χ4v) is 3.51. The van der Waals surface area contributed by atoms with Crippen LogP contribution >= 0.6 is 27.5 Å². The van der Waals surface area contributed by atoms with Crippen molar-refractivity contribution in [2.45, 2.75) is 33.1 Å². The standard InChI is InChI=1S/C22H20BrClN4O/c1-4-13(2)21-25-26-22(29-21)19-14(3)20(15-5-7-16(23)8-6-15)28(27-19)18-11-9-17(24)10-12-18/h5-13H,4H2,1-3H3. The molecule has 5 nitrogen and oxygen atoms in total. The lowest BCUT2D eigenvalue weighted by molar-refractivity contribution is 0.460. The molecule has 2 aromatic heterocycles. The van der Waals surface area contributed by atoms with Gasteiger partial charge < -0.3 is 4.42 Å². The fraction of sp³-hybridized carbons (Fsp3) is 0.227. The monoisotopic (exact) mass is 470 g/mol. The van der Waals surface area contributed by atoms with Crippen LogP contribution in [0.5, 0.6) is 0 Å². The highest BCUT2D eigenvalue weighted by atomic mass is 79.9. The van der Waals surface area contributed by atoms with Gasteiger partial charge in [-0.2, -0.15) is 5.10 Å². The van der Waals surface area contributed by atoms with Crippen molar-refractivity contribution in [2.75, 3.05) is 0 Å². The van der Waals surface area contributed by atoms with Gasteiger partial charge in [-0.05, 0) is 49.7 Å². The summed E-state index contributed by atoms with van der Waals surface area (Å²) in [6, 6.07) is 15.7. The molecule has 4 rings (SSSR count). The van der Waals surface area contributed by atoms with Gasteiger partial charge in [0.15, 0.2) is 5.69 Å². The smallest absolute Gasteiger partial charge is 0.268 e. The van der Waals surface area contributed by atoms with Crippen LogP contribution in [-0.4, -0.2) is 20.0 Å². The Morgan fingerprint density at radius 1 is 1.07 bits per heavy atom. The molecule has 29 heavy (non-hydrogen) atoms. The summed E-state index contributed by atoms with van der Waals surface area (Å²) in [5.41, 5.74) is 4.57. The summed E-state index contributed by atoms with van der Waals surface area (Å²) in [6.07, 6.45) is 0.934. The highest BCUT2D eigenvalue weighted by Gasteiger charge is 2.23. The van der Waals surface area contributed by atoms with Crippen LogP contribution in [0.2, 0.25) is 5.02 Å². The van der Waals surface area contributed by atoms with Crippen molar-refractivity contribution in [1.82, 2.24) is 20.0 Å². The van der Waals surface area contributed by atoms with E-state index in [1.54, 1.807) is 0 Å². The average Bonchev–Trinajstić information content (AvgIpc) is 3.34. The van der Waals surface area contributed by atoms with E-state index in [0.29, 0.717) is 22.5 Å². The van der Waals surface area contributed by atoms with E-state index in [-0.39, 0.29) is 5.92 Å². The molecule has 1 atom stereocenters. The quantitative estimate of drug-likeness (QED) is 0.320. The minimum Gasteiger partial charge on any atom is -0.419 e. The van der Waals surface area contributed by atoms with Crippen molar-refractivity contribution in [3.8, 4) is 28.5 Å². The molecule has 0 spiro atoms. The molecule has 0 fully saturated rings. The van der Waals surface area contributed by atoms with Gasteiger partial charge in [0, 0.05) is 26.5 Å². The van der Waals surface area contributed by atoms with E-state index in [0.717, 1.165) is 33.4 Å². The van der Waals surface area contributed by atoms with Gasteiger partial charge in [-0.25, -0.2) is 4.68 Å². The third-order valence-corrected chi connectivity index (χ3v) is 5.77. The molecule has 0 N–H and O–H groups in total. The minimum atomic E-state index is 0.209. The third-order valence-electron chi connectivity index (χ3n) is 4.99. The molecule has 0 amide bonds. The number of nitrogens with zero attached hydrogens (tertiary/aromatic N) is 4. The average molecular weight is 472 g/mol. The normalized spacial score (nSPS) is 12.3. The molecule has 7 heteroatoms. The summed E-state index contributed by atoms with van der Waals surface area (Å²) in [5, 5.41) is 14.0. The first-order chi connectivity index (χ1) is 14.0. The van der Waals surface area contributed by atoms with Gasteiger partial charge in [0.2, 0.25) is 5.89 Å². The first kappa shape index (κ1) is 19.9. The highest BCUT2D eigenvalue weighted by Crippen LogP contribution is 2.34. The summed E-state index contributed by atoms with van der Waals surface area (Å²) in [7, 11) is 0. The van der Waals surface area contributed by atoms with Gasteiger partial charge >= 0.3 is 0 Å². The van der Waals surface area contributed by atoms with Crippen LogP contribution in [0.4, 0.5) is 0 Å². The van der Waals surface area contributed by atoms with Crippen molar-refractivity contribution in [3.05, 3.63) is 69.5 Å². The number of hydrogen-bond donors (Lipinski definition) is 0. The van der Waals surface area contributed by atoms with Gasteiger partial charge in [0.25, 0.3) is 5.89 Å². The molecule has 4 aromatic rings. The Kier molecular flexibility index (Phi) is 5.56. The number of hydrogen-bond acceptors (Lipinski definition) is 4. The van der Waals surface area contributed by atoms with Gasteiger partial charge in [0.05, 0.1) is 11.4 Å². The number of aromatic nitrogens is 4. The topological polar surface area (TPSA) is 56.7 Å². The van der Waals surface area contributed by atoms with E-state index in [9.17, 15) is 0 Å². The number of rotatable bonds is 5. The van der Waals surface area contributed by atoms with Gasteiger partial charge in [0.1, 0.15) is 0 Å². The van der Waals surface area contributed by atoms with Crippen molar-refractivity contribution in [1.29, 1.82) is 0 Å². The predicted octanol–water partition coefficient (Wildman–Crippen LogP) is 6.83. The van der Waals surface area contributed by atoms with Crippen molar-refractivity contribution in [2.24, 2.45) is 0 Å². The van der Waals surface area contributed by atoms with E-state index < -0.39 is 0 Å². The lowest BCUT2D eigenvalue weighted by Gasteiger charge is -2.09. The molecule has 148 valence electrons. The second-order valence-electron chi connectivity index (χ2n) is 6.97. The zero-order valence-electron chi connectivity index (χ0n) is 16.4. The molecule has 0 saturated carbocycles. The molecule has 0 saturated heterocycles. The summed E-state index contributed by atoms with van der Waals surface area (Å²) in [4.78, 5) is 0. The van der Waals surface area contributed by atoms with Crippen LogP contribution in [0.15, 0.2) is 57.4 Å². The minimum absolute atomic E-state index is 0.209. The van der Waals surface area contributed by atoms with Crippen LogP contribution in [-0.2, 0) is 0 Å². The van der Waals surface area contributed by atoms with Crippen molar-refractivity contribution in [3.63, 3.8) is 0 Å². The van der Waals surface area contributed by atoms with E-state index in [4.69, 9.17) is 21.1 Å². The second-order valence-corrected chi connectivity index (χ2v) is 8.32. The summed E-state index contributed by atoms with van der Waals surface area (Å²) < 4.78 is 8.88. The predicted molar refractivity (Wildman–Crippen MR) is 118 cm³/mol. The molecule has 0 aliphatic carbocycles. The third kappa shape index (κ3) is 3.87. The molecule has 2 heterocycles. The van der Waals surface area contributed by atoms with Crippen LogP contribution in [0.25, 0.3) is 28.5 Å². The fourth-order valence-electron chi connectivity index (χ4n) is 3.12. The Hall–Kier alpha value is -2.44. The van der Waals surface area contributed by atoms with E-state index >= 15 is 0 Å². The van der Waals surface area contributed by atoms with Gasteiger partial charge in [-0.15, -0.1) is 10.2 Å². The van der Waals surface area contributed by atoms with Crippen LogP contribution < -0.4 is 0 Å². The Morgan fingerprint density at radius 2 is 1.76 bits per heavy atom. The Bertz CT molecular complexity index is 1130. The zero-order chi connectivity index (χ0) is 20.5. The lowest BCUT2D eigenvalue weighted by Crippen LogP contribution is -1.99. The van der Waals surface area contributed by atoms with Crippen molar-refractivity contribution >= 4 is 27.5 Å². The first-order valence-electron chi connectivity index (χ1n) is 9.43. The summed E-state index contributed by atoms with van der Waals surface area (Å²) in [6.45, 7) is 6.20. The maximum atomic E-state index is 6.08. The first-order valence-corrected chi connectivity index (χ1v) is 10.6. The molecule has 0 bridgehead atoms. The largest absolute Gasteiger partial charge is 0.419 e. The summed E-state index contributed by atoms with van der Waals surface area (Å²) in [5.74, 6) is 1.28. The summed E-state index contributed by atoms with van der Waals surface area (Å²) >= 11 is 9.59. The van der Waals surface area contributed by atoms with Gasteiger partial charge in [-0.1, -0.05) is 53.5 Å². The molecule has 1 unspecified atom stereocenters. The van der Waals surface area contributed by atoms with Crippen molar-refractivity contribution < 1.29 is 4.42 Å².